The summed E-state index contributed by atoms with van der Waals surface area (Å²) in [6.07, 6.45) is 9.05. The molecule has 1 aromatic rings. The Labute approximate surface area is 132 Å². The van der Waals surface area contributed by atoms with Crippen molar-refractivity contribution in [3.63, 3.8) is 0 Å². The smallest absolute Gasteiger partial charge is 0.252 e. The lowest BCUT2D eigenvalue weighted by Gasteiger charge is -2.21. The number of pyridine rings is 1. The van der Waals surface area contributed by atoms with Crippen LogP contribution in [0.4, 0.5) is 5.82 Å². The molecular weight excluding hydrogens is 278 g/mol. The van der Waals surface area contributed by atoms with Crippen LogP contribution in [0.15, 0.2) is 18.3 Å². The number of carbonyl (C=O) groups excluding carboxylic acids is 1. The van der Waals surface area contributed by atoms with Gasteiger partial charge in [-0.25, -0.2) is 4.98 Å². The average Bonchev–Trinajstić information content (AvgIpc) is 2.93. The standard InChI is InChI=1S/C17H25N3O2/c21-17(19-13-15-6-5-11-22-15)14-7-8-16(18-12-14)20-9-3-1-2-4-10-20/h7-8,12,15H,1-6,9-11,13H2,(H,19,21)/t15-/m0/s1. The molecule has 5 nitrogen and oxygen atoms in total. The van der Waals surface area contributed by atoms with E-state index in [9.17, 15) is 4.79 Å². The highest BCUT2D eigenvalue weighted by atomic mass is 16.5. The molecule has 120 valence electrons. The van der Waals surface area contributed by atoms with Crippen molar-refractivity contribution in [2.75, 3.05) is 31.1 Å². The maximum atomic E-state index is 12.1. The largest absolute Gasteiger partial charge is 0.376 e. The number of amides is 1. The predicted octanol–water partition coefficient (Wildman–Crippen LogP) is 2.37. The van der Waals surface area contributed by atoms with Gasteiger partial charge in [0.25, 0.3) is 5.91 Å². The third-order valence-electron chi connectivity index (χ3n) is 4.45. The van der Waals surface area contributed by atoms with Crippen molar-refractivity contribution in [1.29, 1.82) is 0 Å². The summed E-state index contributed by atoms with van der Waals surface area (Å²) in [6.45, 7) is 3.54. The van der Waals surface area contributed by atoms with Gasteiger partial charge in [0, 0.05) is 32.4 Å². The molecule has 0 unspecified atom stereocenters. The summed E-state index contributed by atoms with van der Waals surface area (Å²) in [5.41, 5.74) is 0.622. The fourth-order valence-electron chi connectivity index (χ4n) is 3.12. The third kappa shape index (κ3) is 3.97. The fraction of sp³-hybridized carbons (Fsp3) is 0.647. The minimum atomic E-state index is -0.0644. The molecule has 1 atom stereocenters. The first-order valence-electron chi connectivity index (χ1n) is 8.44. The van der Waals surface area contributed by atoms with Crippen LogP contribution in [-0.2, 0) is 4.74 Å². The number of carbonyl (C=O) groups is 1. The Morgan fingerprint density at radius 2 is 2.05 bits per heavy atom. The Bertz CT molecular complexity index is 475. The summed E-state index contributed by atoms with van der Waals surface area (Å²) in [4.78, 5) is 18.9. The van der Waals surface area contributed by atoms with Crippen molar-refractivity contribution in [2.24, 2.45) is 0 Å². The molecule has 0 bridgehead atoms. The molecule has 3 heterocycles. The van der Waals surface area contributed by atoms with E-state index < -0.39 is 0 Å². The Kier molecular flexibility index (Phi) is 5.27. The van der Waals surface area contributed by atoms with Gasteiger partial charge in [0.2, 0.25) is 0 Å². The van der Waals surface area contributed by atoms with Crippen LogP contribution in [0.3, 0.4) is 0 Å². The molecule has 0 spiro atoms. The first-order valence-corrected chi connectivity index (χ1v) is 8.44. The number of hydrogen-bond acceptors (Lipinski definition) is 4. The van der Waals surface area contributed by atoms with Crippen molar-refractivity contribution in [3.05, 3.63) is 23.9 Å². The monoisotopic (exact) mass is 303 g/mol. The van der Waals surface area contributed by atoms with E-state index in [2.05, 4.69) is 15.2 Å². The zero-order valence-corrected chi connectivity index (χ0v) is 13.1. The second-order valence-electron chi connectivity index (χ2n) is 6.15. The van der Waals surface area contributed by atoms with E-state index in [1.807, 2.05) is 12.1 Å². The highest BCUT2D eigenvalue weighted by molar-refractivity contribution is 5.94. The van der Waals surface area contributed by atoms with Crippen LogP contribution in [0.5, 0.6) is 0 Å². The summed E-state index contributed by atoms with van der Waals surface area (Å²) >= 11 is 0. The number of nitrogens with zero attached hydrogens (tertiary/aromatic N) is 2. The van der Waals surface area contributed by atoms with E-state index in [-0.39, 0.29) is 12.0 Å². The highest BCUT2D eigenvalue weighted by Crippen LogP contribution is 2.17. The van der Waals surface area contributed by atoms with Crippen molar-refractivity contribution in [2.45, 2.75) is 44.6 Å². The molecule has 2 aliphatic heterocycles. The summed E-state index contributed by atoms with van der Waals surface area (Å²) in [6, 6.07) is 3.84. The lowest BCUT2D eigenvalue weighted by Crippen LogP contribution is -2.32. The van der Waals surface area contributed by atoms with Crippen LogP contribution in [-0.4, -0.2) is 43.2 Å². The van der Waals surface area contributed by atoms with E-state index >= 15 is 0 Å². The van der Waals surface area contributed by atoms with Crippen molar-refractivity contribution >= 4 is 11.7 Å². The van der Waals surface area contributed by atoms with Gasteiger partial charge in [-0.2, -0.15) is 0 Å². The Morgan fingerprint density at radius 1 is 1.23 bits per heavy atom. The van der Waals surface area contributed by atoms with E-state index in [0.717, 1.165) is 38.4 Å². The summed E-state index contributed by atoms with van der Waals surface area (Å²) in [5, 5.41) is 2.93. The zero-order valence-electron chi connectivity index (χ0n) is 13.1. The van der Waals surface area contributed by atoms with Gasteiger partial charge in [0.15, 0.2) is 0 Å². The summed E-state index contributed by atoms with van der Waals surface area (Å²) in [5.74, 6) is 0.919. The molecule has 1 N–H and O–H groups in total. The van der Waals surface area contributed by atoms with Crippen molar-refractivity contribution < 1.29 is 9.53 Å². The molecule has 0 saturated carbocycles. The average molecular weight is 303 g/mol. The molecule has 0 aliphatic carbocycles. The highest BCUT2D eigenvalue weighted by Gasteiger charge is 2.17. The van der Waals surface area contributed by atoms with Crippen LogP contribution in [0, 0.1) is 0 Å². The molecule has 2 saturated heterocycles. The van der Waals surface area contributed by atoms with Crippen LogP contribution in [0.2, 0.25) is 0 Å². The van der Waals surface area contributed by atoms with E-state index in [4.69, 9.17) is 4.74 Å². The molecule has 3 rings (SSSR count). The number of hydrogen-bond donors (Lipinski definition) is 1. The number of ether oxygens (including phenoxy) is 1. The molecule has 0 aromatic carbocycles. The van der Waals surface area contributed by atoms with Crippen molar-refractivity contribution in [3.8, 4) is 0 Å². The molecule has 2 aliphatic rings. The van der Waals surface area contributed by atoms with Crippen LogP contribution in [0.25, 0.3) is 0 Å². The van der Waals surface area contributed by atoms with Crippen LogP contribution < -0.4 is 10.2 Å². The minimum Gasteiger partial charge on any atom is -0.376 e. The number of nitrogens with one attached hydrogen (secondary N) is 1. The van der Waals surface area contributed by atoms with Gasteiger partial charge >= 0.3 is 0 Å². The second-order valence-corrected chi connectivity index (χ2v) is 6.15. The lowest BCUT2D eigenvalue weighted by molar-refractivity contribution is 0.0857. The third-order valence-corrected chi connectivity index (χ3v) is 4.45. The topological polar surface area (TPSA) is 54.5 Å². The molecule has 22 heavy (non-hydrogen) atoms. The van der Waals surface area contributed by atoms with Gasteiger partial charge in [-0.1, -0.05) is 12.8 Å². The Hall–Kier alpha value is -1.62. The number of rotatable bonds is 4. The maximum Gasteiger partial charge on any atom is 0.252 e. The molecule has 2 fully saturated rings. The Morgan fingerprint density at radius 3 is 2.68 bits per heavy atom. The maximum absolute atomic E-state index is 12.1. The summed E-state index contributed by atoms with van der Waals surface area (Å²) in [7, 11) is 0. The van der Waals surface area contributed by atoms with E-state index in [1.54, 1.807) is 6.20 Å². The van der Waals surface area contributed by atoms with Gasteiger partial charge in [0.05, 0.1) is 11.7 Å². The summed E-state index contributed by atoms with van der Waals surface area (Å²) < 4.78 is 5.51. The normalized spacial score (nSPS) is 22.4. The molecule has 1 amide bonds. The predicted molar refractivity (Wildman–Crippen MR) is 86.2 cm³/mol. The molecular formula is C17H25N3O2. The second kappa shape index (κ2) is 7.58. The minimum absolute atomic E-state index is 0.0644. The van der Waals surface area contributed by atoms with Gasteiger partial charge in [-0.15, -0.1) is 0 Å². The number of aromatic nitrogens is 1. The zero-order chi connectivity index (χ0) is 15.2. The molecule has 5 heteroatoms. The van der Waals surface area contributed by atoms with Gasteiger partial charge < -0.3 is 15.0 Å². The first-order chi connectivity index (χ1) is 10.8. The Balaban J connectivity index is 1.54. The van der Waals surface area contributed by atoms with Gasteiger partial charge in [0.1, 0.15) is 5.82 Å². The molecule has 0 radical (unpaired) electrons. The quantitative estimate of drug-likeness (QED) is 0.928. The first kappa shape index (κ1) is 15.3. The van der Waals surface area contributed by atoms with Gasteiger partial charge in [-0.05, 0) is 37.8 Å². The SMILES string of the molecule is O=C(NC[C@@H]1CCCO1)c1ccc(N2CCCCCC2)nc1. The number of anilines is 1. The van der Waals surface area contributed by atoms with E-state index in [0.29, 0.717) is 12.1 Å². The molecule has 1 aromatic heterocycles. The van der Waals surface area contributed by atoms with Crippen LogP contribution in [0.1, 0.15) is 48.9 Å². The van der Waals surface area contributed by atoms with Crippen LogP contribution >= 0.6 is 0 Å². The van der Waals surface area contributed by atoms with Crippen molar-refractivity contribution in [1.82, 2.24) is 10.3 Å². The lowest BCUT2D eigenvalue weighted by atomic mass is 10.2. The fourth-order valence-corrected chi connectivity index (χ4v) is 3.12. The van der Waals surface area contributed by atoms with Gasteiger partial charge in [-0.3, -0.25) is 4.79 Å². The van der Waals surface area contributed by atoms with E-state index in [1.165, 1.54) is 25.7 Å².